The van der Waals surface area contributed by atoms with Crippen molar-refractivity contribution in [3.05, 3.63) is 12.2 Å². The lowest BCUT2D eigenvalue weighted by Gasteiger charge is -1.97. The van der Waals surface area contributed by atoms with Gasteiger partial charge in [0, 0.05) is 25.3 Å². The fourth-order valence-electron chi connectivity index (χ4n) is 2.73. The molecule has 28 heavy (non-hydrogen) atoms. The first-order valence-electron chi connectivity index (χ1n) is 11.1. The Bertz CT molecular complexity index is 489. The van der Waals surface area contributed by atoms with E-state index in [0.717, 1.165) is 64.6 Å². The van der Waals surface area contributed by atoms with Gasteiger partial charge in [0.25, 0.3) is 5.91 Å². The highest BCUT2D eigenvalue weighted by Crippen LogP contribution is 2.28. The Morgan fingerprint density at radius 3 is 2.11 bits per heavy atom. The summed E-state index contributed by atoms with van der Waals surface area (Å²) in [4.78, 5) is 22.3. The highest BCUT2D eigenvalue weighted by molar-refractivity contribution is 5.87. The second-order valence-electron chi connectivity index (χ2n) is 7.96. The first-order chi connectivity index (χ1) is 13.6. The summed E-state index contributed by atoms with van der Waals surface area (Å²) < 4.78 is 10.2. The molecule has 4 fully saturated rings. The van der Waals surface area contributed by atoms with E-state index < -0.39 is 0 Å². The van der Waals surface area contributed by atoms with Crippen LogP contribution in [0.1, 0.15) is 78.1 Å². The minimum Gasteiger partial charge on any atom is -0.381 e. The van der Waals surface area contributed by atoms with Crippen molar-refractivity contribution in [3.63, 3.8) is 0 Å². The molecule has 0 aromatic heterocycles. The second kappa shape index (κ2) is 12.9. The van der Waals surface area contributed by atoms with E-state index in [1.807, 2.05) is 6.08 Å². The predicted molar refractivity (Wildman–Crippen MR) is 110 cm³/mol. The molecule has 0 spiro atoms. The minimum atomic E-state index is -0.120. The van der Waals surface area contributed by atoms with Crippen LogP contribution in [0, 0.1) is 0 Å². The van der Waals surface area contributed by atoms with Gasteiger partial charge in [-0.15, -0.1) is 0 Å². The predicted octanol–water partition coefficient (Wildman–Crippen LogP) is 3.25. The number of hydrogen-bond acceptors (Lipinski definition) is 4. The lowest BCUT2D eigenvalue weighted by Crippen LogP contribution is -2.30. The van der Waals surface area contributed by atoms with Gasteiger partial charge in [-0.3, -0.25) is 9.59 Å². The normalized spacial score (nSPS) is 25.2. The monoisotopic (exact) mass is 394 g/mol. The molecule has 2 saturated heterocycles. The van der Waals surface area contributed by atoms with Gasteiger partial charge in [-0.25, -0.2) is 0 Å². The van der Waals surface area contributed by atoms with Crippen LogP contribution in [0.2, 0.25) is 0 Å². The molecule has 0 aromatic carbocycles. The molecule has 6 nitrogen and oxygen atoms in total. The smallest absolute Gasteiger partial charge is 0.252 e. The third-order valence-electron chi connectivity index (χ3n) is 4.81. The van der Waals surface area contributed by atoms with E-state index in [9.17, 15) is 9.59 Å². The van der Waals surface area contributed by atoms with E-state index in [2.05, 4.69) is 24.5 Å². The maximum absolute atomic E-state index is 11.3. The zero-order valence-electron chi connectivity index (χ0n) is 17.6. The molecule has 4 rings (SSSR count). The van der Waals surface area contributed by atoms with Crippen LogP contribution in [0.25, 0.3) is 0 Å². The van der Waals surface area contributed by atoms with Crippen molar-refractivity contribution >= 4 is 11.8 Å². The SMILES string of the molecule is C1CCOC1.CCC/C=C/C(=O)NC1CC1.CCCC1OC1C(=O)NC1CC1. The molecule has 160 valence electrons. The molecule has 2 atom stereocenters. The molecule has 2 amide bonds. The Morgan fingerprint density at radius 1 is 0.964 bits per heavy atom. The van der Waals surface area contributed by atoms with Gasteiger partial charge in [-0.2, -0.15) is 0 Å². The van der Waals surface area contributed by atoms with Crippen molar-refractivity contribution in [2.24, 2.45) is 0 Å². The molecule has 6 heteroatoms. The standard InChI is InChI=1S/C9H15NO2.C9H15NO.C4H8O/c1-2-3-7-8(12-7)9(11)10-6-4-5-6;1-2-3-4-5-9(11)10-8-6-7-8;1-2-4-5-3-1/h6-8H,2-5H2,1H3,(H,10,11);4-5,8H,2-3,6-7H2,1H3,(H,10,11);1-4H2/b;5-4+;. The topological polar surface area (TPSA) is 80.0 Å². The van der Waals surface area contributed by atoms with Gasteiger partial charge in [-0.1, -0.05) is 32.8 Å². The quantitative estimate of drug-likeness (QED) is 0.489. The third kappa shape index (κ3) is 10.8. The van der Waals surface area contributed by atoms with Gasteiger partial charge in [0.2, 0.25) is 5.91 Å². The summed E-state index contributed by atoms with van der Waals surface area (Å²) in [5.74, 6) is 0.178. The van der Waals surface area contributed by atoms with Crippen LogP contribution >= 0.6 is 0 Å². The van der Waals surface area contributed by atoms with Crippen LogP contribution in [0.15, 0.2) is 12.2 Å². The molecule has 0 aromatic rings. The molecule has 2 saturated carbocycles. The molecule has 2 aliphatic carbocycles. The van der Waals surface area contributed by atoms with E-state index >= 15 is 0 Å². The van der Waals surface area contributed by atoms with E-state index in [1.54, 1.807) is 6.08 Å². The van der Waals surface area contributed by atoms with Crippen LogP contribution in [-0.2, 0) is 19.1 Å². The van der Waals surface area contributed by atoms with Crippen LogP contribution < -0.4 is 10.6 Å². The molecular formula is C22H38N2O4. The number of epoxide rings is 1. The van der Waals surface area contributed by atoms with E-state index in [-0.39, 0.29) is 24.0 Å². The summed E-state index contributed by atoms with van der Waals surface area (Å²) in [6.45, 7) is 6.21. The zero-order valence-corrected chi connectivity index (χ0v) is 17.6. The maximum atomic E-state index is 11.3. The number of carbonyl (C=O) groups excluding carboxylic acids is 2. The third-order valence-corrected chi connectivity index (χ3v) is 4.81. The zero-order chi connectivity index (χ0) is 20.2. The Hall–Kier alpha value is -1.40. The van der Waals surface area contributed by atoms with E-state index in [1.165, 1.54) is 12.8 Å². The van der Waals surface area contributed by atoms with Gasteiger partial charge < -0.3 is 20.1 Å². The molecular weight excluding hydrogens is 356 g/mol. The van der Waals surface area contributed by atoms with Gasteiger partial charge in [0.15, 0.2) is 6.10 Å². The molecule has 0 bridgehead atoms. The summed E-state index contributed by atoms with van der Waals surface area (Å²) in [5.41, 5.74) is 0. The number of ether oxygens (including phenoxy) is 2. The van der Waals surface area contributed by atoms with Crippen LogP contribution in [-0.4, -0.2) is 49.3 Å². The minimum absolute atomic E-state index is 0.0703. The molecule has 4 aliphatic rings. The van der Waals surface area contributed by atoms with Crippen molar-refractivity contribution in [1.82, 2.24) is 10.6 Å². The van der Waals surface area contributed by atoms with Crippen LogP contribution in [0.4, 0.5) is 0 Å². The van der Waals surface area contributed by atoms with Gasteiger partial charge >= 0.3 is 0 Å². The van der Waals surface area contributed by atoms with E-state index in [0.29, 0.717) is 12.1 Å². The van der Waals surface area contributed by atoms with Gasteiger partial charge in [0.1, 0.15) is 0 Å². The number of rotatable bonds is 8. The maximum Gasteiger partial charge on any atom is 0.252 e. The first-order valence-corrected chi connectivity index (χ1v) is 11.1. The molecule has 2 N–H and O–H groups in total. The summed E-state index contributed by atoms with van der Waals surface area (Å²) >= 11 is 0. The second-order valence-corrected chi connectivity index (χ2v) is 7.96. The highest BCUT2D eigenvalue weighted by Gasteiger charge is 2.45. The number of amides is 2. The molecule has 2 unspecified atom stereocenters. The summed E-state index contributed by atoms with van der Waals surface area (Å²) in [6, 6.07) is 0.942. The number of nitrogens with one attached hydrogen (secondary N) is 2. The molecule has 2 aliphatic heterocycles. The number of allylic oxidation sites excluding steroid dienone is 1. The largest absolute Gasteiger partial charge is 0.381 e. The van der Waals surface area contributed by atoms with Crippen molar-refractivity contribution < 1.29 is 19.1 Å². The summed E-state index contributed by atoms with van der Waals surface area (Å²) in [5, 5.41) is 5.83. The first kappa shape index (κ1) is 22.9. The molecule has 0 radical (unpaired) electrons. The average molecular weight is 395 g/mol. The number of carbonyl (C=O) groups is 2. The van der Waals surface area contributed by atoms with Crippen molar-refractivity contribution in [1.29, 1.82) is 0 Å². The number of unbranched alkanes of at least 4 members (excludes halogenated alkanes) is 1. The van der Waals surface area contributed by atoms with Gasteiger partial charge in [0.05, 0.1) is 6.10 Å². The van der Waals surface area contributed by atoms with Crippen molar-refractivity contribution in [3.8, 4) is 0 Å². The summed E-state index contributed by atoms with van der Waals surface area (Å²) in [7, 11) is 0. The summed E-state index contributed by atoms with van der Waals surface area (Å²) in [6.07, 6.45) is 15.1. The molecule has 2 heterocycles. The van der Waals surface area contributed by atoms with Crippen LogP contribution in [0.5, 0.6) is 0 Å². The Morgan fingerprint density at radius 2 is 1.61 bits per heavy atom. The number of hydrogen-bond donors (Lipinski definition) is 2. The Kier molecular flexibility index (Phi) is 10.6. The Labute approximate surface area is 169 Å². The Balaban J connectivity index is 0.000000162. The van der Waals surface area contributed by atoms with E-state index in [4.69, 9.17) is 9.47 Å². The lowest BCUT2D eigenvalue weighted by atomic mass is 10.2. The van der Waals surface area contributed by atoms with Gasteiger partial charge in [-0.05, 0) is 57.4 Å². The highest BCUT2D eigenvalue weighted by atomic mass is 16.6. The fraction of sp³-hybridized carbons (Fsp3) is 0.818. The average Bonchev–Trinajstić information content (AvgIpc) is 3.62. The van der Waals surface area contributed by atoms with Crippen LogP contribution in [0.3, 0.4) is 0 Å². The van der Waals surface area contributed by atoms with Crippen molar-refractivity contribution in [2.75, 3.05) is 13.2 Å². The fourth-order valence-corrected chi connectivity index (χ4v) is 2.73. The lowest BCUT2D eigenvalue weighted by molar-refractivity contribution is -0.122. The van der Waals surface area contributed by atoms with Crippen molar-refractivity contribution in [2.45, 2.75) is 102 Å².